The van der Waals surface area contributed by atoms with Gasteiger partial charge in [-0.2, -0.15) is 5.10 Å². The van der Waals surface area contributed by atoms with E-state index < -0.39 is 0 Å². The lowest BCUT2D eigenvalue weighted by molar-refractivity contribution is -0.115. The van der Waals surface area contributed by atoms with Crippen molar-refractivity contribution in [1.82, 2.24) is 15.1 Å². The number of likely N-dealkylation sites (N-methyl/N-ethyl adjacent to an activating group) is 1. The van der Waals surface area contributed by atoms with Crippen LogP contribution in [0.1, 0.15) is 6.92 Å². The van der Waals surface area contributed by atoms with Gasteiger partial charge in [-0.05, 0) is 14.0 Å². The molecule has 0 bridgehead atoms. The Labute approximate surface area is 77.1 Å². The molecule has 5 heteroatoms. The van der Waals surface area contributed by atoms with Crippen LogP contribution < -0.4 is 10.6 Å². The van der Waals surface area contributed by atoms with E-state index in [1.165, 1.54) is 0 Å². The summed E-state index contributed by atoms with van der Waals surface area (Å²) in [5.74, 6) is -0.0573. The van der Waals surface area contributed by atoms with Crippen LogP contribution in [0, 0.1) is 0 Å². The van der Waals surface area contributed by atoms with Crippen LogP contribution in [0.25, 0.3) is 0 Å². The van der Waals surface area contributed by atoms with Crippen molar-refractivity contribution in [1.29, 1.82) is 0 Å². The van der Waals surface area contributed by atoms with Crippen molar-refractivity contribution in [2.24, 2.45) is 0 Å². The van der Waals surface area contributed by atoms with Crippen molar-refractivity contribution in [3.8, 4) is 0 Å². The van der Waals surface area contributed by atoms with Crippen LogP contribution in [-0.2, 0) is 11.3 Å². The van der Waals surface area contributed by atoms with Crippen molar-refractivity contribution < 1.29 is 4.79 Å². The second kappa shape index (κ2) is 4.61. The largest absolute Gasteiger partial charge is 0.322 e. The number of hydrogen-bond donors (Lipinski definition) is 2. The Balaban J connectivity index is 2.49. The summed E-state index contributed by atoms with van der Waals surface area (Å²) >= 11 is 0. The Morgan fingerprint density at radius 3 is 3.00 bits per heavy atom. The van der Waals surface area contributed by atoms with Gasteiger partial charge in [-0.1, -0.05) is 0 Å². The maximum absolute atomic E-state index is 11.1. The third-order valence-corrected chi connectivity index (χ3v) is 1.58. The highest BCUT2D eigenvalue weighted by atomic mass is 16.1. The van der Waals surface area contributed by atoms with Crippen molar-refractivity contribution >= 4 is 11.6 Å². The molecule has 1 heterocycles. The summed E-state index contributed by atoms with van der Waals surface area (Å²) < 4.78 is 1.76. The fourth-order valence-electron chi connectivity index (χ4n) is 0.967. The highest BCUT2D eigenvalue weighted by Gasteiger charge is 2.01. The van der Waals surface area contributed by atoms with Crippen LogP contribution in [0.15, 0.2) is 12.4 Å². The topological polar surface area (TPSA) is 59.0 Å². The SMILES string of the molecule is CCn1cc(NC(=O)CNC)cn1. The van der Waals surface area contributed by atoms with Crippen molar-refractivity contribution in [2.75, 3.05) is 18.9 Å². The molecule has 0 aliphatic heterocycles. The quantitative estimate of drug-likeness (QED) is 0.692. The van der Waals surface area contributed by atoms with Gasteiger partial charge in [0.2, 0.25) is 5.91 Å². The fraction of sp³-hybridized carbons (Fsp3) is 0.500. The zero-order valence-electron chi connectivity index (χ0n) is 7.87. The first-order chi connectivity index (χ1) is 6.26. The minimum Gasteiger partial charge on any atom is -0.322 e. The van der Waals surface area contributed by atoms with Crippen LogP contribution in [0.5, 0.6) is 0 Å². The first-order valence-electron chi connectivity index (χ1n) is 4.23. The zero-order valence-corrected chi connectivity index (χ0v) is 7.87. The third-order valence-electron chi connectivity index (χ3n) is 1.58. The number of carbonyl (C=O) groups is 1. The summed E-state index contributed by atoms with van der Waals surface area (Å²) in [4.78, 5) is 11.1. The van der Waals surface area contributed by atoms with E-state index in [4.69, 9.17) is 0 Å². The van der Waals surface area contributed by atoms with Gasteiger partial charge < -0.3 is 10.6 Å². The van der Waals surface area contributed by atoms with E-state index in [2.05, 4.69) is 15.7 Å². The number of nitrogens with zero attached hydrogens (tertiary/aromatic N) is 2. The van der Waals surface area contributed by atoms with Crippen molar-refractivity contribution in [2.45, 2.75) is 13.5 Å². The molecule has 0 saturated heterocycles. The smallest absolute Gasteiger partial charge is 0.238 e. The Bertz CT molecular complexity index is 281. The molecule has 0 atom stereocenters. The molecule has 72 valence electrons. The highest BCUT2D eigenvalue weighted by Crippen LogP contribution is 2.03. The molecular formula is C8H14N4O. The van der Waals surface area contributed by atoms with Gasteiger partial charge in [-0.3, -0.25) is 9.48 Å². The minimum absolute atomic E-state index is 0.0573. The normalized spacial score (nSPS) is 10.0. The lowest BCUT2D eigenvalue weighted by Gasteiger charge is -1.99. The predicted octanol–water partition coefficient (Wildman–Crippen LogP) is 0.0609. The molecule has 0 saturated carbocycles. The minimum atomic E-state index is -0.0573. The molecule has 0 radical (unpaired) electrons. The molecule has 0 aliphatic rings. The second-order valence-corrected chi connectivity index (χ2v) is 2.66. The molecule has 1 amide bonds. The molecule has 0 spiro atoms. The monoisotopic (exact) mass is 182 g/mol. The summed E-state index contributed by atoms with van der Waals surface area (Å²) in [5.41, 5.74) is 0.738. The van der Waals surface area contributed by atoms with Crippen LogP contribution in [-0.4, -0.2) is 29.3 Å². The van der Waals surface area contributed by atoms with Gasteiger partial charge in [-0.25, -0.2) is 0 Å². The van der Waals surface area contributed by atoms with E-state index in [9.17, 15) is 4.79 Å². The van der Waals surface area contributed by atoms with Crippen molar-refractivity contribution in [3.63, 3.8) is 0 Å². The molecule has 0 aromatic carbocycles. The van der Waals surface area contributed by atoms with Gasteiger partial charge >= 0.3 is 0 Å². The summed E-state index contributed by atoms with van der Waals surface area (Å²) in [6.45, 7) is 3.12. The predicted molar refractivity (Wildman–Crippen MR) is 50.5 cm³/mol. The first kappa shape index (κ1) is 9.73. The number of aromatic nitrogens is 2. The van der Waals surface area contributed by atoms with Gasteiger partial charge in [0, 0.05) is 12.7 Å². The number of aryl methyl sites for hydroxylation is 1. The van der Waals surface area contributed by atoms with Gasteiger partial charge in [0.05, 0.1) is 18.4 Å². The molecule has 5 nitrogen and oxygen atoms in total. The van der Waals surface area contributed by atoms with E-state index in [1.807, 2.05) is 6.92 Å². The van der Waals surface area contributed by atoms with Crippen LogP contribution >= 0.6 is 0 Å². The number of carbonyl (C=O) groups excluding carboxylic acids is 1. The fourth-order valence-corrected chi connectivity index (χ4v) is 0.967. The molecule has 0 unspecified atom stereocenters. The summed E-state index contributed by atoms with van der Waals surface area (Å²) in [6.07, 6.45) is 3.44. The average molecular weight is 182 g/mol. The lowest BCUT2D eigenvalue weighted by atomic mass is 10.5. The van der Waals surface area contributed by atoms with Crippen LogP contribution in [0.3, 0.4) is 0 Å². The first-order valence-corrected chi connectivity index (χ1v) is 4.23. The van der Waals surface area contributed by atoms with Gasteiger partial charge in [0.1, 0.15) is 0 Å². The maximum atomic E-state index is 11.1. The number of amides is 1. The number of nitrogens with one attached hydrogen (secondary N) is 2. The second-order valence-electron chi connectivity index (χ2n) is 2.66. The Morgan fingerprint density at radius 2 is 2.46 bits per heavy atom. The molecule has 1 aromatic rings. The molecule has 0 fully saturated rings. The van der Waals surface area contributed by atoms with E-state index >= 15 is 0 Å². The van der Waals surface area contributed by atoms with Crippen LogP contribution in [0.4, 0.5) is 5.69 Å². The molecule has 1 rings (SSSR count). The number of rotatable bonds is 4. The lowest BCUT2D eigenvalue weighted by Crippen LogP contribution is -2.24. The summed E-state index contributed by atoms with van der Waals surface area (Å²) in [7, 11) is 1.73. The zero-order chi connectivity index (χ0) is 9.68. The average Bonchev–Trinajstić information content (AvgIpc) is 2.52. The standard InChI is InChI=1S/C8H14N4O/c1-3-12-6-7(4-10-12)11-8(13)5-9-2/h4,6,9H,3,5H2,1-2H3,(H,11,13). The Hall–Kier alpha value is -1.36. The van der Waals surface area contributed by atoms with Gasteiger partial charge in [0.25, 0.3) is 0 Å². The molecule has 0 aliphatic carbocycles. The highest BCUT2D eigenvalue weighted by molar-refractivity contribution is 5.91. The van der Waals surface area contributed by atoms with Gasteiger partial charge in [0.15, 0.2) is 0 Å². The summed E-state index contributed by atoms with van der Waals surface area (Å²) in [5, 5.41) is 9.51. The number of anilines is 1. The third kappa shape index (κ3) is 2.87. The van der Waals surface area contributed by atoms with E-state index in [-0.39, 0.29) is 5.91 Å². The Morgan fingerprint density at radius 1 is 1.69 bits per heavy atom. The Kier molecular flexibility index (Phi) is 3.45. The van der Waals surface area contributed by atoms with Gasteiger partial charge in [-0.15, -0.1) is 0 Å². The maximum Gasteiger partial charge on any atom is 0.238 e. The molecule has 13 heavy (non-hydrogen) atoms. The van der Waals surface area contributed by atoms with E-state index in [0.717, 1.165) is 12.2 Å². The van der Waals surface area contributed by atoms with Crippen molar-refractivity contribution in [3.05, 3.63) is 12.4 Å². The van der Waals surface area contributed by atoms with E-state index in [0.29, 0.717) is 6.54 Å². The number of hydrogen-bond acceptors (Lipinski definition) is 3. The summed E-state index contributed by atoms with van der Waals surface area (Å²) in [6, 6.07) is 0. The molecule has 2 N–H and O–H groups in total. The van der Waals surface area contributed by atoms with E-state index in [1.54, 1.807) is 24.1 Å². The van der Waals surface area contributed by atoms with Crippen LogP contribution in [0.2, 0.25) is 0 Å². The molecular weight excluding hydrogens is 168 g/mol. The molecule has 1 aromatic heterocycles.